The van der Waals surface area contributed by atoms with E-state index in [1.54, 1.807) is 31.2 Å². The summed E-state index contributed by atoms with van der Waals surface area (Å²) in [4.78, 5) is 0. The Balaban J connectivity index is 2.34. The zero-order valence-corrected chi connectivity index (χ0v) is 15.0. The molecule has 4 nitrogen and oxygen atoms in total. The lowest BCUT2D eigenvalue weighted by Gasteiger charge is -2.18. The normalized spacial score (nSPS) is 11.2. The van der Waals surface area contributed by atoms with Gasteiger partial charge in [-0.2, -0.15) is 13.2 Å². The summed E-state index contributed by atoms with van der Waals surface area (Å²) in [5.74, 6) is -0.281. The molecule has 0 bridgehead atoms. The quantitative estimate of drug-likeness (QED) is 0.746. The second kappa shape index (κ2) is 8.37. The molecule has 2 N–H and O–H groups in total. The molecule has 0 aliphatic carbocycles. The first-order chi connectivity index (χ1) is 12.3. The lowest BCUT2D eigenvalue weighted by atomic mass is 10.1. The van der Waals surface area contributed by atoms with Gasteiger partial charge in [0.1, 0.15) is 12.4 Å². The van der Waals surface area contributed by atoms with Crippen molar-refractivity contribution in [3.05, 3.63) is 58.7 Å². The highest BCUT2D eigenvalue weighted by Gasteiger charge is 2.34. The van der Waals surface area contributed by atoms with Gasteiger partial charge in [0.15, 0.2) is 0 Å². The first-order valence-electron chi connectivity index (χ1n) is 7.63. The third-order valence-corrected chi connectivity index (χ3v) is 3.95. The lowest BCUT2D eigenvalue weighted by Crippen LogP contribution is -2.15. The van der Waals surface area contributed by atoms with Crippen molar-refractivity contribution in [1.82, 2.24) is 0 Å². The van der Waals surface area contributed by atoms with Crippen LogP contribution in [0.5, 0.6) is 5.75 Å². The van der Waals surface area contributed by atoms with Crippen LogP contribution in [0.25, 0.3) is 0 Å². The molecule has 0 aromatic heterocycles. The number of alkyl halides is 3. The number of aryl methyl sites for hydroxylation is 1. The number of thiocarbonyl (C=S) groups is 1. The van der Waals surface area contributed by atoms with Crippen LogP contribution in [0.1, 0.15) is 22.3 Å². The fraction of sp³-hybridized carbons (Fsp3) is 0.278. The second-order valence-electron chi connectivity index (χ2n) is 5.50. The molecule has 2 aromatic carbocycles. The topological polar surface area (TPSA) is 50.7 Å². The molecule has 0 saturated heterocycles. The van der Waals surface area contributed by atoms with E-state index in [2.05, 4.69) is 5.32 Å². The summed E-state index contributed by atoms with van der Waals surface area (Å²) in [6.07, 6.45) is -4.53. The van der Waals surface area contributed by atoms with Crippen molar-refractivity contribution < 1.29 is 27.8 Å². The molecule has 0 atom stereocenters. The van der Waals surface area contributed by atoms with Crippen LogP contribution in [0.3, 0.4) is 0 Å². The first kappa shape index (κ1) is 20.0. The predicted molar refractivity (Wildman–Crippen MR) is 96.1 cm³/mol. The fourth-order valence-corrected chi connectivity index (χ4v) is 2.48. The minimum Gasteiger partial charge on any atom is -0.488 e. The fourth-order valence-electron chi connectivity index (χ4n) is 2.37. The third kappa shape index (κ3) is 4.86. The Morgan fingerprint density at radius 2 is 1.96 bits per heavy atom. The number of hydrogen-bond donors (Lipinski definition) is 2. The van der Waals surface area contributed by atoms with Crippen molar-refractivity contribution in [2.45, 2.75) is 26.3 Å². The molecule has 0 unspecified atom stereocenters. The average Bonchev–Trinajstić information content (AvgIpc) is 2.60. The van der Waals surface area contributed by atoms with Crippen LogP contribution >= 0.6 is 12.2 Å². The summed E-state index contributed by atoms with van der Waals surface area (Å²) >= 11 is 4.95. The molecule has 8 heteroatoms. The Morgan fingerprint density at radius 3 is 2.58 bits per heavy atom. The van der Waals surface area contributed by atoms with Crippen molar-refractivity contribution in [3.63, 3.8) is 0 Å². The SMILES string of the molecule is COC(=S)Nc1cccc(CO)c1COc1ccc(C)cc1C(F)(F)F. The number of benzene rings is 2. The van der Waals surface area contributed by atoms with Gasteiger partial charge in [0.25, 0.3) is 5.17 Å². The molecule has 2 aromatic rings. The van der Waals surface area contributed by atoms with Crippen LogP contribution in [0.2, 0.25) is 0 Å². The zero-order chi connectivity index (χ0) is 19.3. The molecule has 0 spiro atoms. The molecule has 0 saturated carbocycles. The number of hydrogen-bond acceptors (Lipinski definition) is 4. The number of anilines is 1. The summed E-state index contributed by atoms with van der Waals surface area (Å²) in [5.41, 5.74) is 1.12. The molecule has 0 aliphatic heterocycles. The Hall–Kier alpha value is -2.32. The number of aliphatic hydroxyl groups is 1. The number of halogens is 3. The number of nitrogens with one attached hydrogen (secondary N) is 1. The van der Waals surface area contributed by atoms with E-state index in [9.17, 15) is 18.3 Å². The minimum absolute atomic E-state index is 0.0904. The predicted octanol–water partition coefficient (Wildman–Crippen LogP) is 4.43. The van der Waals surface area contributed by atoms with Gasteiger partial charge in [-0.25, -0.2) is 0 Å². The van der Waals surface area contributed by atoms with Gasteiger partial charge in [0.2, 0.25) is 0 Å². The van der Waals surface area contributed by atoms with E-state index in [-0.39, 0.29) is 24.1 Å². The summed E-state index contributed by atoms with van der Waals surface area (Å²) in [5, 5.41) is 12.4. The van der Waals surface area contributed by atoms with E-state index in [4.69, 9.17) is 21.7 Å². The highest BCUT2D eigenvalue weighted by atomic mass is 32.1. The van der Waals surface area contributed by atoms with E-state index in [0.29, 0.717) is 22.4 Å². The molecule has 2 rings (SSSR count). The van der Waals surface area contributed by atoms with Crippen molar-refractivity contribution in [2.75, 3.05) is 12.4 Å². The Bertz CT molecular complexity index is 794. The van der Waals surface area contributed by atoms with E-state index < -0.39 is 11.7 Å². The smallest absolute Gasteiger partial charge is 0.419 e. The Labute approximate surface area is 154 Å². The number of ether oxygens (including phenoxy) is 2. The van der Waals surface area contributed by atoms with Crippen molar-refractivity contribution in [2.24, 2.45) is 0 Å². The Morgan fingerprint density at radius 1 is 1.23 bits per heavy atom. The summed E-state index contributed by atoms with van der Waals surface area (Å²) in [6, 6.07) is 8.87. The largest absolute Gasteiger partial charge is 0.488 e. The maximum atomic E-state index is 13.2. The highest BCUT2D eigenvalue weighted by Crippen LogP contribution is 2.37. The molecule has 0 fully saturated rings. The maximum absolute atomic E-state index is 13.2. The van der Waals surface area contributed by atoms with Crippen LogP contribution in [-0.2, 0) is 24.1 Å². The van der Waals surface area contributed by atoms with Gasteiger partial charge >= 0.3 is 6.18 Å². The summed E-state index contributed by atoms with van der Waals surface area (Å²) in [6.45, 7) is 1.10. The first-order valence-corrected chi connectivity index (χ1v) is 8.04. The van der Waals surface area contributed by atoms with Gasteiger partial charge in [0.05, 0.1) is 19.3 Å². The van der Waals surface area contributed by atoms with Gasteiger partial charge in [-0.3, -0.25) is 0 Å². The van der Waals surface area contributed by atoms with Gasteiger partial charge in [-0.1, -0.05) is 23.8 Å². The average molecular weight is 385 g/mol. The van der Waals surface area contributed by atoms with E-state index in [1.165, 1.54) is 13.2 Å². The number of rotatable bonds is 5. The lowest BCUT2D eigenvalue weighted by molar-refractivity contribution is -0.139. The number of aliphatic hydroxyl groups excluding tert-OH is 1. The Kier molecular flexibility index (Phi) is 6.44. The van der Waals surface area contributed by atoms with Crippen molar-refractivity contribution in [3.8, 4) is 5.75 Å². The van der Waals surface area contributed by atoms with Crippen LogP contribution in [0, 0.1) is 6.92 Å². The van der Waals surface area contributed by atoms with Crippen LogP contribution in [-0.4, -0.2) is 17.4 Å². The third-order valence-electron chi connectivity index (χ3n) is 3.68. The van der Waals surface area contributed by atoms with Gasteiger partial charge in [-0.05, 0) is 42.9 Å². The minimum atomic E-state index is -4.53. The van der Waals surface area contributed by atoms with Crippen LogP contribution in [0.4, 0.5) is 18.9 Å². The van der Waals surface area contributed by atoms with E-state index >= 15 is 0 Å². The summed E-state index contributed by atoms with van der Waals surface area (Å²) in [7, 11) is 1.39. The van der Waals surface area contributed by atoms with E-state index in [0.717, 1.165) is 6.07 Å². The maximum Gasteiger partial charge on any atom is 0.419 e. The molecule has 140 valence electrons. The van der Waals surface area contributed by atoms with Crippen LogP contribution < -0.4 is 10.1 Å². The van der Waals surface area contributed by atoms with E-state index in [1.807, 2.05) is 0 Å². The molecule has 0 heterocycles. The van der Waals surface area contributed by atoms with Gasteiger partial charge in [-0.15, -0.1) is 0 Å². The zero-order valence-electron chi connectivity index (χ0n) is 14.2. The molecular formula is C18H18F3NO3S. The molecule has 0 radical (unpaired) electrons. The molecule has 0 amide bonds. The second-order valence-corrected chi connectivity index (χ2v) is 5.87. The standard InChI is InChI=1S/C18H18F3NO3S/c1-11-6-7-16(14(8-11)18(19,20)21)25-10-13-12(9-23)4-3-5-15(13)22-17(26)24-2/h3-8,23H,9-10H2,1-2H3,(H,22,26). The van der Waals surface area contributed by atoms with Gasteiger partial charge in [0, 0.05) is 11.3 Å². The summed E-state index contributed by atoms with van der Waals surface area (Å²) < 4.78 is 50.0. The highest BCUT2D eigenvalue weighted by molar-refractivity contribution is 7.80. The van der Waals surface area contributed by atoms with Gasteiger partial charge < -0.3 is 19.9 Å². The molecular weight excluding hydrogens is 367 g/mol. The van der Waals surface area contributed by atoms with Crippen molar-refractivity contribution in [1.29, 1.82) is 0 Å². The number of methoxy groups -OCH3 is 1. The molecule has 0 aliphatic rings. The monoisotopic (exact) mass is 385 g/mol. The van der Waals surface area contributed by atoms with Crippen molar-refractivity contribution >= 4 is 23.1 Å². The molecule has 26 heavy (non-hydrogen) atoms. The van der Waals surface area contributed by atoms with Crippen LogP contribution in [0.15, 0.2) is 36.4 Å².